The number of ether oxygens (including phenoxy) is 9. The molecule has 5 aliphatic rings. The standard InChI is InChI=1S/C31H37NO12/c1-13-38-11-23-29(42-13)26(33)27(34)31(43-23)44-28-16-8-22-21(40-12-41-22)7-15(16)24(25-18(28)10-39-30(25)35)14-5-19(36-3)17(9-32-2)20(6-14)37-4/h5-8,13,18,23-29,31-34H,9-12H2,1-4H3/t13?,18-,23?,24?,25-,26?,27?,28+,29?,31?/m0/s1. The third-order valence-electron chi connectivity index (χ3n) is 9.23. The molecule has 3 N–H and O–H groups in total. The number of hydrogen-bond donors (Lipinski definition) is 3. The summed E-state index contributed by atoms with van der Waals surface area (Å²) in [5.41, 5.74) is 3.14. The van der Waals surface area contributed by atoms with Crippen LogP contribution in [0, 0.1) is 11.8 Å². The normalized spacial score (nSPS) is 35.4. The Morgan fingerprint density at radius 1 is 0.932 bits per heavy atom. The Bertz CT molecular complexity index is 1390. The highest BCUT2D eigenvalue weighted by Gasteiger charge is 2.56. The van der Waals surface area contributed by atoms with E-state index < -0.39 is 60.9 Å². The Morgan fingerprint density at radius 3 is 2.32 bits per heavy atom. The average molecular weight is 616 g/mol. The number of carbonyl (C=O) groups excluding carboxylic acids is 1. The smallest absolute Gasteiger partial charge is 0.310 e. The number of benzene rings is 2. The van der Waals surface area contributed by atoms with E-state index in [4.69, 9.17) is 42.6 Å². The number of cyclic esters (lactones) is 1. The number of fused-ring (bicyclic) bond motifs is 4. The SMILES string of the molecule is CNCc1c(OC)cc(C2c3cc4c(cc3[C@@H](OC3OC5COC(C)OC5C(O)C3O)[C@H]3COC(=O)[C@H]23)OCO4)cc1OC. The fourth-order valence-corrected chi connectivity index (χ4v) is 7.18. The third kappa shape index (κ3) is 4.78. The van der Waals surface area contributed by atoms with E-state index in [2.05, 4.69) is 5.32 Å². The van der Waals surface area contributed by atoms with Gasteiger partial charge >= 0.3 is 5.97 Å². The van der Waals surface area contributed by atoms with Crippen molar-refractivity contribution in [3.05, 3.63) is 46.5 Å². The molecule has 13 nitrogen and oxygen atoms in total. The molecule has 13 heteroatoms. The topological polar surface area (TPSA) is 153 Å². The summed E-state index contributed by atoms with van der Waals surface area (Å²) in [5.74, 6) is 0.351. The van der Waals surface area contributed by atoms with Gasteiger partial charge in [0.1, 0.15) is 35.9 Å². The van der Waals surface area contributed by atoms with Crippen LogP contribution in [0.3, 0.4) is 0 Å². The minimum atomic E-state index is -1.42. The van der Waals surface area contributed by atoms with Gasteiger partial charge in [-0.25, -0.2) is 0 Å². The molecule has 3 fully saturated rings. The van der Waals surface area contributed by atoms with Gasteiger partial charge in [-0.05, 0) is 54.9 Å². The first-order valence-electron chi connectivity index (χ1n) is 14.8. The minimum absolute atomic E-state index is 0.0574. The highest BCUT2D eigenvalue weighted by atomic mass is 16.8. The van der Waals surface area contributed by atoms with Crippen molar-refractivity contribution in [1.82, 2.24) is 5.32 Å². The molecular formula is C31H37NO12. The molecule has 0 saturated carbocycles. The maximum absolute atomic E-state index is 13.5. The molecule has 10 atom stereocenters. The van der Waals surface area contributed by atoms with Gasteiger partial charge in [-0.15, -0.1) is 0 Å². The van der Waals surface area contributed by atoms with Gasteiger partial charge in [-0.2, -0.15) is 0 Å². The summed E-state index contributed by atoms with van der Waals surface area (Å²) in [6.45, 7) is 2.54. The van der Waals surface area contributed by atoms with E-state index in [1.165, 1.54) is 0 Å². The summed E-state index contributed by atoms with van der Waals surface area (Å²) in [6, 6.07) is 7.56. The van der Waals surface area contributed by atoms with Crippen LogP contribution in [0.1, 0.15) is 41.2 Å². The van der Waals surface area contributed by atoms with E-state index in [0.717, 1.165) is 22.3 Å². The van der Waals surface area contributed by atoms with Crippen LogP contribution in [0.2, 0.25) is 0 Å². The number of aliphatic hydroxyl groups is 2. The monoisotopic (exact) mass is 615 g/mol. The van der Waals surface area contributed by atoms with Gasteiger partial charge in [0, 0.05) is 23.9 Å². The van der Waals surface area contributed by atoms with Crippen molar-refractivity contribution in [2.24, 2.45) is 11.8 Å². The van der Waals surface area contributed by atoms with E-state index in [-0.39, 0.29) is 26.0 Å². The van der Waals surface area contributed by atoms with Crippen LogP contribution in [0.5, 0.6) is 23.0 Å². The number of hydrogen-bond acceptors (Lipinski definition) is 13. The van der Waals surface area contributed by atoms with E-state index in [9.17, 15) is 15.0 Å². The maximum atomic E-state index is 13.5. The van der Waals surface area contributed by atoms with Crippen molar-refractivity contribution in [1.29, 1.82) is 0 Å². The highest BCUT2D eigenvalue weighted by Crippen LogP contribution is 2.56. The van der Waals surface area contributed by atoms with Gasteiger partial charge in [0.2, 0.25) is 6.79 Å². The van der Waals surface area contributed by atoms with Gasteiger partial charge in [-0.1, -0.05) is 0 Å². The molecule has 44 heavy (non-hydrogen) atoms. The number of rotatable bonds is 7. The van der Waals surface area contributed by atoms with Crippen molar-refractivity contribution in [2.45, 2.75) is 62.5 Å². The van der Waals surface area contributed by atoms with Gasteiger partial charge < -0.3 is 58.2 Å². The molecule has 1 aliphatic carbocycles. The van der Waals surface area contributed by atoms with E-state index in [1.54, 1.807) is 21.1 Å². The van der Waals surface area contributed by atoms with Crippen LogP contribution < -0.4 is 24.3 Å². The van der Waals surface area contributed by atoms with Gasteiger partial charge in [0.25, 0.3) is 0 Å². The van der Waals surface area contributed by atoms with Gasteiger partial charge in [0.05, 0.1) is 39.5 Å². The van der Waals surface area contributed by atoms with Crippen molar-refractivity contribution in [2.75, 3.05) is 41.3 Å². The second kappa shape index (κ2) is 11.6. The third-order valence-corrected chi connectivity index (χ3v) is 9.23. The van der Waals surface area contributed by atoms with E-state index >= 15 is 0 Å². The highest BCUT2D eigenvalue weighted by molar-refractivity contribution is 5.79. The van der Waals surface area contributed by atoms with Crippen molar-refractivity contribution in [3.8, 4) is 23.0 Å². The number of carbonyl (C=O) groups is 1. The van der Waals surface area contributed by atoms with Gasteiger partial charge in [0.15, 0.2) is 24.1 Å². The quantitative estimate of drug-likeness (QED) is 0.385. The number of aliphatic hydroxyl groups excluding tert-OH is 2. The molecule has 0 spiro atoms. The van der Waals surface area contributed by atoms with Crippen LogP contribution in [-0.4, -0.2) is 94.5 Å². The molecule has 2 aromatic rings. The first kappa shape index (κ1) is 29.5. The number of methoxy groups -OCH3 is 2. The van der Waals surface area contributed by atoms with Crippen LogP contribution in [0.15, 0.2) is 24.3 Å². The Balaban J connectivity index is 1.32. The average Bonchev–Trinajstić information content (AvgIpc) is 3.65. The first-order valence-corrected chi connectivity index (χ1v) is 14.8. The lowest BCUT2D eigenvalue weighted by Gasteiger charge is -2.47. The summed E-state index contributed by atoms with van der Waals surface area (Å²) < 4.78 is 52.6. The van der Waals surface area contributed by atoms with Crippen molar-refractivity contribution < 1.29 is 57.6 Å². The summed E-state index contributed by atoms with van der Waals surface area (Å²) in [7, 11) is 5.03. The summed E-state index contributed by atoms with van der Waals surface area (Å²) in [4.78, 5) is 13.5. The number of nitrogens with one attached hydrogen (secondary N) is 1. The first-order chi connectivity index (χ1) is 21.3. The Hall–Kier alpha value is -3.17. The molecule has 0 radical (unpaired) electrons. The molecule has 0 aromatic heterocycles. The molecule has 3 saturated heterocycles. The van der Waals surface area contributed by atoms with Crippen molar-refractivity contribution >= 4 is 5.97 Å². The number of esters is 1. The Morgan fingerprint density at radius 2 is 1.64 bits per heavy atom. The summed E-state index contributed by atoms with van der Waals surface area (Å²) in [6.07, 6.45) is -6.65. The lowest BCUT2D eigenvalue weighted by atomic mass is 9.66. The Kier molecular flexibility index (Phi) is 7.81. The molecule has 7 unspecified atom stereocenters. The van der Waals surface area contributed by atoms with Crippen LogP contribution in [0.4, 0.5) is 0 Å². The Labute approximate surface area is 254 Å². The predicted octanol–water partition coefficient (Wildman–Crippen LogP) is 1.35. The van der Waals surface area contributed by atoms with Gasteiger partial charge in [-0.3, -0.25) is 4.79 Å². The van der Waals surface area contributed by atoms with E-state index in [0.29, 0.717) is 29.5 Å². The second-order valence-corrected chi connectivity index (χ2v) is 11.6. The molecule has 0 bridgehead atoms. The lowest BCUT2D eigenvalue weighted by Crippen LogP contribution is -2.63. The molecule has 4 aliphatic heterocycles. The van der Waals surface area contributed by atoms with Crippen molar-refractivity contribution in [3.63, 3.8) is 0 Å². The molecule has 0 amide bonds. The minimum Gasteiger partial charge on any atom is -0.496 e. The molecule has 4 heterocycles. The van der Waals surface area contributed by atoms with Crippen LogP contribution in [-0.2, 0) is 35.0 Å². The zero-order chi connectivity index (χ0) is 30.7. The summed E-state index contributed by atoms with van der Waals surface area (Å²) >= 11 is 0. The fourth-order valence-electron chi connectivity index (χ4n) is 7.18. The fraction of sp³-hybridized carbons (Fsp3) is 0.581. The zero-order valence-corrected chi connectivity index (χ0v) is 24.9. The second-order valence-electron chi connectivity index (χ2n) is 11.6. The lowest BCUT2D eigenvalue weighted by molar-refractivity contribution is -0.364. The summed E-state index contributed by atoms with van der Waals surface area (Å²) in [5, 5.41) is 25.2. The predicted molar refractivity (Wildman–Crippen MR) is 149 cm³/mol. The molecule has 238 valence electrons. The molecular weight excluding hydrogens is 578 g/mol. The van der Waals surface area contributed by atoms with Crippen LogP contribution in [0.25, 0.3) is 0 Å². The molecule has 7 rings (SSSR count). The zero-order valence-electron chi connectivity index (χ0n) is 24.9. The maximum Gasteiger partial charge on any atom is 0.310 e. The molecule has 2 aromatic carbocycles. The largest absolute Gasteiger partial charge is 0.496 e. The van der Waals surface area contributed by atoms with E-state index in [1.807, 2.05) is 31.3 Å². The van der Waals surface area contributed by atoms with Crippen LogP contribution >= 0.6 is 0 Å².